The summed E-state index contributed by atoms with van der Waals surface area (Å²) in [5.41, 5.74) is 2.65. The van der Waals surface area contributed by atoms with Crippen molar-refractivity contribution in [3.8, 4) is 5.75 Å². The normalized spacial score (nSPS) is 35.0. The predicted molar refractivity (Wildman–Crippen MR) is 102 cm³/mol. The van der Waals surface area contributed by atoms with Crippen LogP contribution in [-0.2, 0) is 16.0 Å². The van der Waals surface area contributed by atoms with Crippen LogP contribution in [0.2, 0.25) is 0 Å². The molecule has 5 atom stereocenters. The van der Waals surface area contributed by atoms with Crippen molar-refractivity contribution in [1.82, 2.24) is 0 Å². The molecule has 140 valence electrons. The molecule has 3 aliphatic carbocycles. The molecule has 0 aliphatic heterocycles. The minimum Gasteiger partial charge on any atom is -0.497 e. The van der Waals surface area contributed by atoms with E-state index in [1.165, 1.54) is 18.1 Å². The lowest BCUT2D eigenvalue weighted by atomic mass is 9.54. The summed E-state index contributed by atoms with van der Waals surface area (Å²) in [4.78, 5) is 11.6. The van der Waals surface area contributed by atoms with Crippen LogP contribution >= 0.6 is 11.6 Å². The van der Waals surface area contributed by atoms with E-state index in [-0.39, 0.29) is 17.5 Å². The fourth-order valence-corrected chi connectivity index (χ4v) is 6.55. The zero-order valence-electron chi connectivity index (χ0n) is 15.6. The minimum atomic E-state index is -0.252. The van der Waals surface area contributed by atoms with E-state index in [0.29, 0.717) is 22.8 Å². The second-order valence-electron chi connectivity index (χ2n) is 8.14. The number of carbonyl (C=O) groups excluding carboxylic acids is 1. The lowest BCUT2D eigenvalue weighted by Gasteiger charge is -2.51. The van der Waals surface area contributed by atoms with Crippen molar-refractivity contribution in [2.75, 3.05) is 7.11 Å². The van der Waals surface area contributed by atoms with Gasteiger partial charge in [0.2, 0.25) is 0 Å². The average molecular weight is 375 g/mol. The summed E-state index contributed by atoms with van der Waals surface area (Å²) in [7, 11) is 1.72. The molecule has 2 fully saturated rings. The van der Waals surface area contributed by atoms with Crippen LogP contribution in [0.15, 0.2) is 29.8 Å². The molecule has 0 radical (unpaired) electrons. The van der Waals surface area contributed by atoms with E-state index in [4.69, 9.17) is 21.1 Å². The van der Waals surface area contributed by atoms with Crippen LogP contribution in [0.5, 0.6) is 5.75 Å². The van der Waals surface area contributed by atoms with Gasteiger partial charge < -0.3 is 9.47 Å². The first-order chi connectivity index (χ1) is 12.5. The van der Waals surface area contributed by atoms with Crippen LogP contribution in [0.25, 0.3) is 0 Å². The molecule has 3 aliphatic rings. The second-order valence-corrected chi connectivity index (χ2v) is 8.60. The fourth-order valence-electron chi connectivity index (χ4n) is 6.19. The number of carbonyl (C=O) groups is 1. The van der Waals surface area contributed by atoms with Gasteiger partial charge in [0.1, 0.15) is 11.9 Å². The number of rotatable bonds is 3. The summed E-state index contributed by atoms with van der Waals surface area (Å²) in [5.74, 6) is 2.33. The molecule has 0 heterocycles. The van der Waals surface area contributed by atoms with Crippen LogP contribution in [0.3, 0.4) is 0 Å². The molecule has 0 spiro atoms. The van der Waals surface area contributed by atoms with E-state index >= 15 is 0 Å². The first kappa shape index (κ1) is 17.9. The lowest BCUT2D eigenvalue weighted by molar-refractivity contribution is -0.153. The van der Waals surface area contributed by atoms with E-state index in [2.05, 4.69) is 24.8 Å². The fraction of sp³-hybridized carbons (Fsp3) is 0.591. The molecule has 4 heteroatoms. The van der Waals surface area contributed by atoms with Crippen molar-refractivity contribution in [3.05, 3.63) is 40.9 Å². The van der Waals surface area contributed by atoms with E-state index < -0.39 is 0 Å². The predicted octanol–water partition coefficient (Wildman–Crippen LogP) is 5.22. The summed E-state index contributed by atoms with van der Waals surface area (Å²) in [6.07, 6.45) is 6.11. The van der Waals surface area contributed by atoms with Gasteiger partial charge in [-0.3, -0.25) is 4.79 Å². The third-order valence-electron chi connectivity index (χ3n) is 7.19. The molecule has 0 bridgehead atoms. The molecule has 1 aromatic rings. The van der Waals surface area contributed by atoms with E-state index in [0.717, 1.165) is 44.3 Å². The number of aryl methyl sites for hydroxylation is 1. The summed E-state index contributed by atoms with van der Waals surface area (Å²) in [5, 5.41) is 0.685. The Hall–Kier alpha value is -1.48. The molecular weight excluding hydrogens is 348 g/mol. The molecule has 3 nitrogen and oxygen atoms in total. The second kappa shape index (κ2) is 6.60. The van der Waals surface area contributed by atoms with Crippen LogP contribution in [-0.4, -0.2) is 19.2 Å². The number of esters is 1. The largest absolute Gasteiger partial charge is 0.497 e. The van der Waals surface area contributed by atoms with Gasteiger partial charge in [0.25, 0.3) is 0 Å². The molecule has 4 rings (SSSR count). The highest BCUT2D eigenvalue weighted by Crippen LogP contribution is 2.64. The number of hydrogen-bond donors (Lipinski definition) is 0. The van der Waals surface area contributed by atoms with Gasteiger partial charge in [0.05, 0.1) is 7.11 Å². The van der Waals surface area contributed by atoms with Gasteiger partial charge in [-0.05, 0) is 79.5 Å². The van der Waals surface area contributed by atoms with Crippen molar-refractivity contribution in [2.24, 2.45) is 17.3 Å². The number of benzene rings is 1. The van der Waals surface area contributed by atoms with Crippen LogP contribution < -0.4 is 4.74 Å². The first-order valence-corrected chi connectivity index (χ1v) is 10.0. The summed E-state index contributed by atoms with van der Waals surface area (Å²) < 4.78 is 11.1. The topological polar surface area (TPSA) is 35.5 Å². The minimum absolute atomic E-state index is 0.117. The Morgan fingerprint density at radius 2 is 2.08 bits per heavy atom. The highest BCUT2D eigenvalue weighted by atomic mass is 35.5. The Kier molecular flexibility index (Phi) is 4.54. The number of ether oxygens (including phenoxy) is 2. The summed E-state index contributed by atoms with van der Waals surface area (Å²) in [6.45, 7) is 5.63. The third-order valence-corrected chi connectivity index (χ3v) is 7.54. The van der Waals surface area contributed by atoms with Gasteiger partial charge >= 0.3 is 5.97 Å². The maximum atomic E-state index is 11.6. The molecule has 0 saturated heterocycles. The maximum Gasteiger partial charge on any atom is 0.302 e. The van der Waals surface area contributed by atoms with Crippen molar-refractivity contribution in [2.45, 2.75) is 57.5 Å². The van der Waals surface area contributed by atoms with Crippen LogP contribution in [0.1, 0.15) is 56.1 Å². The van der Waals surface area contributed by atoms with Gasteiger partial charge in [-0.25, -0.2) is 0 Å². The average Bonchev–Trinajstić information content (AvgIpc) is 3.00. The van der Waals surface area contributed by atoms with Crippen LogP contribution in [0, 0.1) is 17.3 Å². The van der Waals surface area contributed by atoms with Crippen molar-refractivity contribution >= 4 is 17.6 Å². The van der Waals surface area contributed by atoms with Gasteiger partial charge in [-0.2, -0.15) is 0 Å². The maximum absolute atomic E-state index is 11.6. The Morgan fingerprint density at radius 1 is 1.27 bits per heavy atom. The van der Waals surface area contributed by atoms with Gasteiger partial charge in [-0.15, -0.1) is 0 Å². The standard InChI is InChI=1S/C22H27ClO3/c1-13(23)22-11-10-18-17-7-5-16(25-3)12-15(17)4-6-19(18)20(22)8-9-21(22)26-14(2)24/h5,7,12,18-21H,1,4,6,8-11H2,2-3H3/t18-,19-,20+,21+,22?/m1/s1. The number of hydrogen-bond acceptors (Lipinski definition) is 3. The quantitative estimate of drug-likeness (QED) is 0.681. The summed E-state index contributed by atoms with van der Waals surface area (Å²) >= 11 is 6.60. The molecular formula is C22H27ClO3. The lowest BCUT2D eigenvalue weighted by Crippen LogP contribution is -2.47. The molecule has 1 aromatic carbocycles. The molecule has 2 saturated carbocycles. The van der Waals surface area contributed by atoms with E-state index in [1.807, 2.05) is 0 Å². The highest BCUT2D eigenvalue weighted by molar-refractivity contribution is 6.30. The van der Waals surface area contributed by atoms with Crippen molar-refractivity contribution in [1.29, 1.82) is 0 Å². The first-order valence-electron chi connectivity index (χ1n) is 9.66. The van der Waals surface area contributed by atoms with Gasteiger partial charge in [0, 0.05) is 17.4 Å². The molecule has 0 N–H and O–H groups in total. The summed E-state index contributed by atoms with van der Waals surface area (Å²) in [6, 6.07) is 6.54. The third kappa shape index (κ3) is 2.58. The number of halogens is 1. The Labute approximate surface area is 160 Å². The number of methoxy groups -OCH3 is 1. The smallest absolute Gasteiger partial charge is 0.302 e. The van der Waals surface area contributed by atoms with Gasteiger partial charge in [-0.1, -0.05) is 24.2 Å². The number of fused-ring (bicyclic) bond motifs is 5. The highest BCUT2D eigenvalue weighted by Gasteiger charge is 2.59. The molecule has 0 aromatic heterocycles. The van der Waals surface area contributed by atoms with Gasteiger partial charge in [0.15, 0.2) is 0 Å². The van der Waals surface area contributed by atoms with E-state index in [1.54, 1.807) is 7.11 Å². The van der Waals surface area contributed by atoms with E-state index in [9.17, 15) is 4.79 Å². The zero-order chi connectivity index (χ0) is 18.5. The van der Waals surface area contributed by atoms with Crippen LogP contribution in [0.4, 0.5) is 0 Å². The Morgan fingerprint density at radius 3 is 2.77 bits per heavy atom. The molecule has 0 amide bonds. The molecule has 1 unspecified atom stereocenters. The Bertz CT molecular complexity index is 743. The Balaban J connectivity index is 1.68. The van der Waals surface area contributed by atoms with Crippen molar-refractivity contribution in [3.63, 3.8) is 0 Å². The monoisotopic (exact) mass is 374 g/mol. The van der Waals surface area contributed by atoms with Crippen molar-refractivity contribution < 1.29 is 14.3 Å². The molecule has 26 heavy (non-hydrogen) atoms. The SMILES string of the molecule is C=C(Cl)C12CC[C@@H]3c4ccc(OC)cc4CC[C@H]3[C@@H]1CC[C@@H]2OC(C)=O. The zero-order valence-corrected chi connectivity index (χ0v) is 16.3.